The van der Waals surface area contributed by atoms with Crippen LogP contribution in [0, 0.1) is 6.92 Å². The van der Waals surface area contributed by atoms with Crippen LogP contribution in [0.2, 0.25) is 0 Å². The van der Waals surface area contributed by atoms with Gasteiger partial charge in [-0.1, -0.05) is 25.1 Å². The number of nitrogens with zero attached hydrogens (tertiary/aromatic N) is 3. The molecule has 0 aliphatic carbocycles. The van der Waals surface area contributed by atoms with Crippen LogP contribution in [-0.2, 0) is 16.0 Å². The SMILES string of the molecule is CCc1[nH]n(-c2ccccc2)c(=O)c1C1=C([n+]2ccc(C)cc2)C(=O)N(C(C)C)C1=O. The predicted octanol–water partition coefficient (Wildman–Crippen LogP) is 2.47. The van der Waals surface area contributed by atoms with Gasteiger partial charge in [0, 0.05) is 23.9 Å². The summed E-state index contributed by atoms with van der Waals surface area (Å²) >= 11 is 0. The second-order valence-corrected chi connectivity index (χ2v) is 7.88. The molecule has 158 valence electrons. The van der Waals surface area contributed by atoms with Crippen molar-refractivity contribution in [3.8, 4) is 5.69 Å². The largest absolute Gasteiger partial charge is 0.327 e. The lowest BCUT2D eigenvalue weighted by Gasteiger charge is -2.17. The molecule has 0 saturated heterocycles. The van der Waals surface area contributed by atoms with Crippen LogP contribution in [0.5, 0.6) is 0 Å². The summed E-state index contributed by atoms with van der Waals surface area (Å²) in [6.07, 6.45) is 3.99. The van der Waals surface area contributed by atoms with Crippen LogP contribution in [-0.4, -0.2) is 32.5 Å². The summed E-state index contributed by atoms with van der Waals surface area (Å²) in [5.74, 6) is -0.855. The molecule has 1 N–H and O–H groups in total. The number of benzene rings is 1. The zero-order valence-corrected chi connectivity index (χ0v) is 18.0. The summed E-state index contributed by atoms with van der Waals surface area (Å²) in [5, 5.41) is 3.13. The van der Waals surface area contributed by atoms with Gasteiger partial charge in [0.15, 0.2) is 12.4 Å². The Bertz CT molecular complexity index is 1250. The Morgan fingerprint density at radius 1 is 0.968 bits per heavy atom. The molecule has 2 amide bonds. The molecule has 0 spiro atoms. The Morgan fingerprint density at radius 2 is 1.61 bits per heavy atom. The van der Waals surface area contributed by atoms with Gasteiger partial charge < -0.3 is 0 Å². The lowest BCUT2D eigenvalue weighted by atomic mass is 10.0. The summed E-state index contributed by atoms with van der Waals surface area (Å²) < 4.78 is 3.05. The summed E-state index contributed by atoms with van der Waals surface area (Å²) in [5.41, 5.74) is 2.53. The van der Waals surface area contributed by atoms with Crippen molar-refractivity contribution in [2.75, 3.05) is 0 Å². The molecule has 3 aromatic rings. The summed E-state index contributed by atoms with van der Waals surface area (Å²) in [6, 6.07) is 12.6. The molecule has 1 aliphatic rings. The monoisotopic (exact) mass is 417 g/mol. The van der Waals surface area contributed by atoms with E-state index in [9.17, 15) is 14.4 Å². The van der Waals surface area contributed by atoms with Crippen LogP contribution in [0.3, 0.4) is 0 Å². The summed E-state index contributed by atoms with van der Waals surface area (Å²) in [6.45, 7) is 7.43. The molecular weight excluding hydrogens is 392 g/mol. The molecule has 4 rings (SSSR count). The van der Waals surface area contributed by atoms with Gasteiger partial charge in [0.2, 0.25) is 0 Å². The molecule has 0 unspecified atom stereocenters. The number of para-hydroxylation sites is 1. The normalized spacial score (nSPS) is 14.3. The maximum atomic E-state index is 13.5. The molecule has 1 aromatic carbocycles. The fourth-order valence-electron chi connectivity index (χ4n) is 3.87. The molecular formula is C24H25N4O3+. The number of imide groups is 1. The van der Waals surface area contributed by atoms with Crippen molar-refractivity contribution in [2.24, 2.45) is 0 Å². The summed E-state index contributed by atoms with van der Waals surface area (Å²) in [4.78, 5) is 41.5. The van der Waals surface area contributed by atoms with Gasteiger partial charge in [-0.3, -0.25) is 24.4 Å². The van der Waals surface area contributed by atoms with E-state index >= 15 is 0 Å². The van der Waals surface area contributed by atoms with Crippen LogP contribution in [0.1, 0.15) is 37.6 Å². The van der Waals surface area contributed by atoms with E-state index in [1.165, 1.54) is 9.58 Å². The number of carbonyl (C=O) groups is 2. The van der Waals surface area contributed by atoms with Gasteiger partial charge in [0.25, 0.3) is 17.2 Å². The van der Waals surface area contributed by atoms with E-state index in [4.69, 9.17) is 0 Å². The maximum absolute atomic E-state index is 13.5. The quantitative estimate of drug-likeness (QED) is 0.512. The van der Waals surface area contributed by atoms with Gasteiger partial charge in [0.05, 0.1) is 11.3 Å². The first-order chi connectivity index (χ1) is 14.8. The molecule has 1 aliphatic heterocycles. The van der Waals surface area contributed by atoms with E-state index < -0.39 is 11.8 Å². The van der Waals surface area contributed by atoms with Gasteiger partial charge in [-0.15, -0.1) is 0 Å². The highest BCUT2D eigenvalue weighted by atomic mass is 16.2. The smallest absolute Gasteiger partial charge is 0.294 e. The van der Waals surface area contributed by atoms with Crippen LogP contribution in [0.25, 0.3) is 17.0 Å². The number of rotatable bonds is 5. The first-order valence-electron chi connectivity index (χ1n) is 10.3. The minimum atomic E-state index is -0.450. The van der Waals surface area contributed by atoms with E-state index in [1.54, 1.807) is 30.8 Å². The van der Waals surface area contributed by atoms with Crippen molar-refractivity contribution in [3.63, 3.8) is 0 Å². The Hall–Kier alpha value is -3.74. The van der Waals surface area contributed by atoms with E-state index in [-0.39, 0.29) is 28.4 Å². The highest BCUT2D eigenvalue weighted by Crippen LogP contribution is 2.31. The number of carbonyl (C=O) groups excluding carboxylic acids is 2. The fourth-order valence-corrected chi connectivity index (χ4v) is 3.87. The molecule has 31 heavy (non-hydrogen) atoms. The third kappa shape index (κ3) is 3.32. The van der Waals surface area contributed by atoms with Gasteiger partial charge >= 0.3 is 5.91 Å². The van der Waals surface area contributed by atoms with E-state index in [0.717, 1.165) is 5.56 Å². The van der Waals surface area contributed by atoms with Crippen molar-refractivity contribution in [1.29, 1.82) is 0 Å². The molecule has 3 heterocycles. The number of amides is 2. The standard InChI is InChI=1S/C24H24N4O3/c1-5-18-19(23(30)28(25-18)17-9-7-6-8-10-17)20-21(26-13-11-16(4)12-14-26)24(31)27(15(2)3)22(20)29/h6-15H,5H2,1-4H3/p+1. The van der Waals surface area contributed by atoms with Crippen LogP contribution in [0.15, 0.2) is 59.7 Å². The molecule has 0 bridgehead atoms. The Morgan fingerprint density at radius 3 is 2.19 bits per heavy atom. The highest BCUT2D eigenvalue weighted by Gasteiger charge is 2.48. The highest BCUT2D eigenvalue weighted by molar-refractivity contribution is 6.44. The molecule has 0 saturated carbocycles. The molecule has 7 heteroatoms. The lowest BCUT2D eigenvalue weighted by molar-refractivity contribution is -0.577. The topological polar surface area (TPSA) is 79.1 Å². The number of aryl methyl sites for hydroxylation is 2. The predicted molar refractivity (Wildman–Crippen MR) is 117 cm³/mol. The van der Waals surface area contributed by atoms with Crippen molar-refractivity contribution >= 4 is 23.1 Å². The fraction of sp³-hybridized carbons (Fsp3) is 0.250. The van der Waals surface area contributed by atoms with Gasteiger partial charge in [-0.2, -0.15) is 4.57 Å². The van der Waals surface area contributed by atoms with Crippen molar-refractivity contribution in [3.05, 3.63) is 82.0 Å². The zero-order chi connectivity index (χ0) is 22.3. The van der Waals surface area contributed by atoms with E-state index in [0.29, 0.717) is 17.8 Å². The minimum absolute atomic E-state index is 0.139. The number of aromatic nitrogens is 3. The molecule has 2 aromatic heterocycles. The Balaban J connectivity index is 2.02. The molecule has 0 fully saturated rings. The van der Waals surface area contributed by atoms with Crippen LogP contribution >= 0.6 is 0 Å². The van der Waals surface area contributed by atoms with E-state index in [2.05, 4.69) is 5.10 Å². The average molecular weight is 417 g/mol. The minimum Gasteiger partial charge on any atom is -0.294 e. The molecule has 0 radical (unpaired) electrons. The summed E-state index contributed by atoms with van der Waals surface area (Å²) in [7, 11) is 0. The molecule has 7 nitrogen and oxygen atoms in total. The van der Waals surface area contributed by atoms with Crippen molar-refractivity contribution in [2.45, 2.75) is 40.2 Å². The van der Waals surface area contributed by atoms with Crippen molar-refractivity contribution in [1.82, 2.24) is 14.7 Å². The number of aromatic amines is 1. The van der Waals surface area contributed by atoms with Crippen LogP contribution in [0.4, 0.5) is 0 Å². The molecule has 0 atom stereocenters. The third-order valence-corrected chi connectivity index (χ3v) is 5.44. The number of nitrogens with one attached hydrogen (secondary N) is 1. The number of H-pyrrole nitrogens is 1. The zero-order valence-electron chi connectivity index (χ0n) is 18.0. The lowest BCUT2D eigenvalue weighted by Crippen LogP contribution is -2.42. The second kappa shape index (κ2) is 7.83. The van der Waals surface area contributed by atoms with Gasteiger partial charge in [0.1, 0.15) is 5.57 Å². The Kier molecular flexibility index (Phi) is 5.19. The average Bonchev–Trinajstić information content (AvgIpc) is 3.21. The number of pyridine rings is 1. The first-order valence-corrected chi connectivity index (χ1v) is 10.3. The first kappa shape index (κ1) is 20.5. The van der Waals surface area contributed by atoms with Gasteiger partial charge in [-0.25, -0.2) is 4.68 Å². The Labute approximate surface area is 180 Å². The van der Waals surface area contributed by atoms with Crippen molar-refractivity contribution < 1.29 is 14.2 Å². The number of hydrogen-bond donors (Lipinski definition) is 1. The number of hydrogen-bond acceptors (Lipinski definition) is 3. The van der Waals surface area contributed by atoms with Crippen LogP contribution < -0.4 is 10.1 Å². The maximum Gasteiger partial charge on any atom is 0.327 e. The second-order valence-electron chi connectivity index (χ2n) is 7.88. The van der Waals surface area contributed by atoms with E-state index in [1.807, 2.05) is 56.3 Å². The van der Waals surface area contributed by atoms with Gasteiger partial charge in [-0.05, 0) is 44.9 Å². The third-order valence-electron chi connectivity index (χ3n) is 5.44.